The van der Waals surface area contributed by atoms with Gasteiger partial charge < -0.3 is 20.4 Å². The SMILES string of the molecule is CC(C)(CO)CO.CCC(O)C(C)(C)CO. The lowest BCUT2D eigenvalue weighted by molar-refractivity contribution is 0.00591. The average molecular weight is 236 g/mol. The second-order valence-corrected chi connectivity index (χ2v) is 5.55. The van der Waals surface area contributed by atoms with Crippen LogP contribution in [0.25, 0.3) is 0 Å². The lowest BCUT2D eigenvalue weighted by Crippen LogP contribution is -2.31. The van der Waals surface area contributed by atoms with Crippen molar-refractivity contribution >= 4 is 0 Å². The van der Waals surface area contributed by atoms with E-state index < -0.39 is 0 Å². The monoisotopic (exact) mass is 236 g/mol. The summed E-state index contributed by atoms with van der Waals surface area (Å²) in [5.74, 6) is 0. The first-order valence-corrected chi connectivity index (χ1v) is 5.67. The van der Waals surface area contributed by atoms with Crippen LogP contribution in [0.15, 0.2) is 0 Å². The molecule has 0 rings (SSSR count). The molecule has 0 heterocycles. The zero-order valence-corrected chi connectivity index (χ0v) is 11.2. The molecule has 0 saturated carbocycles. The average Bonchev–Trinajstić information content (AvgIpc) is 2.28. The molecule has 1 unspecified atom stereocenters. The van der Waals surface area contributed by atoms with Crippen molar-refractivity contribution in [2.45, 2.75) is 47.1 Å². The number of rotatable bonds is 5. The van der Waals surface area contributed by atoms with Gasteiger partial charge in [0.15, 0.2) is 0 Å². The zero-order chi connectivity index (χ0) is 13.4. The summed E-state index contributed by atoms with van der Waals surface area (Å²) in [6.07, 6.45) is 0.315. The van der Waals surface area contributed by atoms with Gasteiger partial charge in [0.25, 0.3) is 0 Å². The second-order valence-electron chi connectivity index (χ2n) is 5.55. The van der Waals surface area contributed by atoms with Crippen molar-refractivity contribution in [2.75, 3.05) is 19.8 Å². The molecule has 0 aromatic heterocycles. The zero-order valence-electron chi connectivity index (χ0n) is 11.2. The van der Waals surface area contributed by atoms with Gasteiger partial charge in [-0.2, -0.15) is 0 Å². The molecular formula is C12H28O4. The van der Waals surface area contributed by atoms with E-state index in [1.807, 2.05) is 20.8 Å². The van der Waals surface area contributed by atoms with E-state index >= 15 is 0 Å². The third kappa shape index (κ3) is 8.05. The van der Waals surface area contributed by atoms with Crippen molar-refractivity contribution in [1.82, 2.24) is 0 Å². The van der Waals surface area contributed by atoms with Crippen molar-refractivity contribution in [2.24, 2.45) is 10.8 Å². The molecule has 0 spiro atoms. The van der Waals surface area contributed by atoms with Crippen LogP contribution in [0.3, 0.4) is 0 Å². The van der Waals surface area contributed by atoms with Crippen LogP contribution in [-0.2, 0) is 0 Å². The summed E-state index contributed by atoms with van der Waals surface area (Å²) in [7, 11) is 0. The van der Waals surface area contributed by atoms with E-state index in [0.717, 1.165) is 0 Å². The summed E-state index contributed by atoms with van der Waals surface area (Å²) in [4.78, 5) is 0. The Balaban J connectivity index is 0. The molecule has 0 aliphatic carbocycles. The highest BCUT2D eigenvalue weighted by molar-refractivity contribution is 4.74. The fraction of sp³-hybridized carbons (Fsp3) is 1.00. The van der Waals surface area contributed by atoms with E-state index in [0.29, 0.717) is 6.42 Å². The van der Waals surface area contributed by atoms with Gasteiger partial charge in [-0.05, 0) is 6.42 Å². The van der Waals surface area contributed by atoms with Crippen LogP contribution in [0.5, 0.6) is 0 Å². The van der Waals surface area contributed by atoms with Crippen molar-refractivity contribution < 1.29 is 20.4 Å². The van der Waals surface area contributed by atoms with E-state index in [1.54, 1.807) is 13.8 Å². The van der Waals surface area contributed by atoms with E-state index in [4.69, 9.17) is 15.3 Å². The molecule has 0 aromatic carbocycles. The van der Waals surface area contributed by atoms with Gasteiger partial charge in [0.1, 0.15) is 0 Å². The second kappa shape index (κ2) is 8.01. The minimum Gasteiger partial charge on any atom is -0.396 e. The molecule has 0 aromatic rings. The Morgan fingerprint density at radius 1 is 0.875 bits per heavy atom. The van der Waals surface area contributed by atoms with Crippen LogP contribution < -0.4 is 0 Å². The molecule has 0 aliphatic rings. The molecule has 4 N–H and O–H groups in total. The van der Waals surface area contributed by atoms with Crippen LogP contribution in [-0.4, -0.2) is 46.4 Å². The predicted molar refractivity (Wildman–Crippen MR) is 65.1 cm³/mol. The minimum atomic E-state index is -0.387. The summed E-state index contributed by atoms with van der Waals surface area (Å²) in [5.41, 5.74) is -0.644. The Bertz CT molecular complexity index is 160. The summed E-state index contributed by atoms with van der Waals surface area (Å²) in [5, 5.41) is 34.8. The molecule has 0 radical (unpaired) electrons. The normalized spacial score (nSPS) is 14.1. The number of hydrogen-bond acceptors (Lipinski definition) is 4. The predicted octanol–water partition coefficient (Wildman–Crippen LogP) is 0.773. The van der Waals surface area contributed by atoms with Gasteiger partial charge in [0.05, 0.1) is 25.9 Å². The number of hydrogen-bond donors (Lipinski definition) is 4. The maximum atomic E-state index is 9.23. The maximum absolute atomic E-state index is 9.23. The maximum Gasteiger partial charge on any atom is 0.0610 e. The Hall–Kier alpha value is -0.160. The third-order valence-electron chi connectivity index (χ3n) is 2.55. The largest absolute Gasteiger partial charge is 0.396 e. The fourth-order valence-electron chi connectivity index (χ4n) is 0.708. The van der Waals surface area contributed by atoms with Crippen LogP contribution >= 0.6 is 0 Å². The van der Waals surface area contributed by atoms with Gasteiger partial charge in [-0.25, -0.2) is 0 Å². The Kier molecular flexibility index (Phi) is 9.12. The topological polar surface area (TPSA) is 80.9 Å². The highest BCUT2D eigenvalue weighted by Gasteiger charge is 2.24. The minimum absolute atomic E-state index is 0.0437. The summed E-state index contributed by atoms with van der Waals surface area (Å²) >= 11 is 0. The first-order valence-electron chi connectivity index (χ1n) is 5.67. The molecular weight excluding hydrogens is 208 g/mol. The van der Waals surface area contributed by atoms with Gasteiger partial charge >= 0.3 is 0 Å². The molecule has 4 nitrogen and oxygen atoms in total. The molecule has 100 valence electrons. The smallest absolute Gasteiger partial charge is 0.0610 e. The highest BCUT2D eigenvalue weighted by atomic mass is 16.3. The number of aliphatic hydroxyl groups is 4. The van der Waals surface area contributed by atoms with Crippen LogP contribution in [0, 0.1) is 10.8 Å². The van der Waals surface area contributed by atoms with Crippen LogP contribution in [0.1, 0.15) is 41.0 Å². The fourth-order valence-corrected chi connectivity index (χ4v) is 0.708. The first kappa shape index (κ1) is 18.2. The summed E-state index contributed by atoms with van der Waals surface area (Å²) < 4.78 is 0. The molecule has 4 heteroatoms. The Morgan fingerprint density at radius 2 is 1.25 bits per heavy atom. The standard InChI is InChI=1S/C7H16O2.C5H12O2/c1-4-6(9)7(2,3)5-8;1-5(2,3-6)4-7/h6,8-9H,4-5H2,1-3H3;6-7H,3-4H2,1-2H3. The van der Waals surface area contributed by atoms with E-state index in [-0.39, 0.29) is 36.8 Å². The van der Waals surface area contributed by atoms with E-state index in [9.17, 15) is 5.11 Å². The van der Waals surface area contributed by atoms with Crippen molar-refractivity contribution in [3.05, 3.63) is 0 Å². The Labute approximate surface area is 98.9 Å². The van der Waals surface area contributed by atoms with Crippen molar-refractivity contribution in [1.29, 1.82) is 0 Å². The van der Waals surface area contributed by atoms with Crippen molar-refractivity contribution in [3.63, 3.8) is 0 Å². The summed E-state index contributed by atoms with van der Waals surface area (Å²) in [6, 6.07) is 0. The number of aliphatic hydroxyl groups excluding tert-OH is 4. The van der Waals surface area contributed by atoms with Gasteiger partial charge in [-0.15, -0.1) is 0 Å². The molecule has 16 heavy (non-hydrogen) atoms. The lowest BCUT2D eigenvalue weighted by atomic mass is 9.86. The molecule has 0 saturated heterocycles. The highest BCUT2D eigenvalue weighted by Crippen LogP contribution is 2.21. The quantitative estimate of drug-likeness (QED) is 0.568. The molecule has 0 aliphatic heterocycles. The molecule has 0 fully saturated rings. The molecule has 0 bridgehead atoms. The lowest BCUT2D eigenvalue weighted by Gasteiger charge is -2.26. The summed E-state index contributed by atoms with van der Waals surface area (Å²) in [6.45, 7) is 9.33. The van der Waals surface area contributed by atoms with E-state index in [1.165, 1.54) is 0 Å². The van der Waals surface area contributed by atoms with Gasteiger partial charge in [0, 0.05) is 10.8 Å². The van der Waals surface area contributed by atoms with Crippen molar-refractivity contribution in [3.8, 4) is 0 Å². The van der Waals surface area contributed by atoms with Crippen LogP contribution in [0.2, 0.25) is 0 Å². The van der Waals surface area contributed by atoms with Gasteiger partial charge in [-0.3, -0.25) is 0 Å². The Morgan fingerprint density at radius 3 is 1.31 bits per heavy atom. The van der Waals surface area contributed by atoms with Gasteiger partial charge in [0.2, 0.25) is 0 Å². The van der Waals surface area contributed by atoms with E-state index in [2.05, 4.69) is 0 Å². The van der Waals surface area contributed by atoms with Gasteiger partial charge in [-0.1, -0.05) is 34.6 Å². The molecule has 1 atom stereocenters. The first-order chi connectivity index (χ1) is 7.16. The third-order valence-corrected chi connectivity index (χ3v) is 2.55. The molecule has 0 amide bonds. The van der Waals surface area contributed by atoms with Crippen LogP contribution in [0.4, 0.5) is 0 Å².